The van der Waals surface area contributed by atoms with E-state index in [1.54, 1.807) is 0 Å². The molecule has 1 unspecified atom stereocenters. The number of thioether (sulfide) groups is 1. The number of alkyl halides is 6. The molecule has 6 nitrogen and oxygen atoms in total. The highest BCUT2D eigenvalue weighted by Gasteiger charge is 2.35. The number of pyridine rings is 1. The van der Waals surface area contributed by atoms with Crippen molar-refractivity contribution in [3.05, 3.63) is 92.4 Å². The zero-order chi connectivity index (χ0) is 25.7. The summed E-state index contributed by atoms with van der Waals surface area (Å²) in [5.41, 5.74) is -0.379. The van der Waals surface area contributed by atoms with Gasteiger partial charge in [-0.15, -0.1) is 11.8 Å². The van der Waals surface area contributed by atoms with Crippen LogP contribution in [0.5, 0.6) is 5.75 Å². The fraction of sp³-hybridized carbons (Fsp3) is 0.182. The Bertz CT molecular complexity index is 1320. The Morgan fingerprint density at radius 1 is 0.971 bits per heavy atom. The van der Waals surface area contributed by atoms with Crippen molar-refractivity contribution in [1.82, 2.24) is 4.68 Å². The molecule has 1 aliphatic rings. The second-order valence-electron chi connectivity index (χ2n) is 7.56. The Kier molecular flexibility index (Phi) is 5.99. The highest BCUT2D eigenvalue weighted by molar-refractivity contribution is 7.98. The van der Waals surface area contributed by atoms with E-state index in [9.17, 15) is 46.1 Å². The number of nitrogens with one attached hydrogen (secondary N) is 1. The zero-order valence-electron chi connectivity index (χ0n) is 17.2. The summed E-state index contributed by atoms with van der Waals surface area (Å²) >= 11 is 0.900. The Morgan fingerprint density at radius 2 is 1.57 bits per heavy atom. The third kappa shape index (κ3) is 4.67. The van der Waals surface area contributed by atoms with E-state index in [1.165, 1.54) is 0 Å². The Morgan fingerprint density at radius 3 is 2.17 bits per heavy atom. The number of aromatic carboxylic acids is 1. The molecule has 0 aliphatic carbocycles. The lowest BCUT2D eigenvalue weighted by Gasteiger charge is -2.26. The minimum atomic E-state index is -4.66. The smallest absolute Gasteiger partial charge is 0.416 e. The molecule has 13 heteroatoms. The molecule has 0 fully saturated rings. The maximum atomic E-state index is 13.3. The predicted molar refractivity (Wildman–Crippen MR) is 113 cm³/mol. The van der Waals surface area contributed by atoms with Crippen molar-refractivity contribution >= 4 is 17.7 Å². The van der Waals surface area contributed by atoms with Gasteiger partial charge in [-0.3, -0.25) is 9.47 Å². The van der Waals surface area contributed by atoms with Gasteiger partial charge in [0.1, 0.15) is 0 Å². The first-order chi connectivity index (χ1) is 16.3. The normalized spacial score (nSPS) is 15.7. The molecule has 0 saturated heterocycles. The lowest BCUT2D eigenvalue weighted by molar-refractivity contribution is -0.138. The summed E-state index contributed by atoms with van der Waals surface area (Å²) in [4.78, 5) is 23.5. The van der Waals surface area contributed by atoms with Crippen molar-refractivity contribution in [3.63, 3.8) is 0 Å². The highest BCUT2D eigenvalue weighted by atomic mass is 32.2. The number of carboxylic acid groups (broad SMARTS) is 1. The van der Waals surface area contributed by atoms with Gasteiger partial charge in [0.2, 0.25) is 5.43 Å². The average Bonchev–Trinajstić information content (AvgIpc) is 2.91. The summed E-state index contributed by atoms with van der Waals surface area (Å²) in [5, 5.41) is 19.5. The number of nitrogens with zero attached hydrogens (tertiary/aromatic N) is 1. The van der Waals surface area contributed by atoms with E-state index in [-0.39, 0.29) is 27.3 Å². The summed E-state index contributed by atoms with van der Waals surface area (Å²) in [6.45, 7) is 0. The summed E-state index contributed by atoms with van der Waals surface area (Å²) in [6.07, 6.45) is -8.33. The second kappa shape index (κ2) is 8.56. The van der Waals surface area contributed by atoms with E-state index in [4.69, 9.17) is 0 Å². The van der Waals surface area contributed by atoms with Crippen LogP contribution in [0.4, 0.5) is 26.3 Å². The highest BCUT2D eigenvalue weighted by Crippen LogP contribution is 2.44. The maximum absolute atomic E-state index is 13.3. The van der Waals surface area contributed by atoms with Crippen LogP contribution in [-0.2, 0) is 18.1 Å². The lowest BCUT2D eigenvalue weighted by Crippen LogP contribution is -2.28. The molecule has 35 heavy (non-hydrogen) atoms. The lowest BCUT2D eigenvalue weighted by atomic mass is 9.93. The van der Waals surface area contributed by atoms with Crippen LogP contribution in [-0.4, -0.2) is 20.9 Å². The Labute approximate surface area is 196 Å². The molecule has 0 radical (unpaired) electrons. The summed E-state index contributed by atoms with van der Waals surface area (Å²) in [5.74, 6) is -2.86. The largest absolute Gasteiger partial charge is 0.502 e. The first kappa shape index (κ1) is 24.5. The topological polar surface area (TPSA) is 91.6 Å². The molecule has 2 heterocycles. The fourth-order valence-corrected chi connectivity index (χ4v) is 4.83. The van der Waals surface area contributed by atoms with Gasteiger partial charge in [0, 0.05) is 22.9 Å². The summed E-state index contributed by atoms with van der Waals surface area (Å²) in [6, 6.07) is 5.42. The van der Waals surface area contributed by atoms with E-state index in [0.717, 1.165) is 65.1 Å². The molecular formula is C22H14F6N2O4S. The minimum Gasteiger partial charge on any atom is -0.502 e. The zero-order valence-corrected chi connectivity index (χ0v) is 18.1. The quantitative estimate of drug-likeness (QED) is 0.413. The van der Waals surface area contributed by atoms with E-state index >= 15 is 0 Å². The molecule has 1 aromatic heterocycles. The number of halogens is 6. The molecule has 3 aromatic rings. The first-order valence-corrected chi connectivity index (χ1v) is 10.7. The molecule has 0 bridgehead atoms. The number of aromatic hydroxyl groups is 1. The van der Waals surface area contributed by atoms with Crippen molar-refractivity contribution in [2.24, 2.45) is 0 Å². The van der Waals surface area contributed by atoms with Gasteiger partial charge >= 0.3 is 18.3 Å². The van der Waals surface area contributed by atoms with Crippen LogP contribution in [0.1, 0.15) is 44.3 Å². The number of hydrogen-bond donors (Lipinski definition) is 3. The van der Waals surface area contributed by atoms with E-state index < -0.39 is 52.4 Å². The van der Waals surface area contributed by atoms with E-state index in [1.807, 2.05) is 0 Å². The molecule has 4 rings (SSSR count). The summed E-state index contributed by atoms with van der Waals surface area (Å²) < 4.78 is 80.6. The third-order valence-corrected chi connectivity index (χ3v) is 6.48. The van der Waals surface area contributed by atoms with Crippen LogP contribution in [0, 0.1) is 0 Å². The maximum Gasteiger partial charge on any atom is 0.416 e. The van der Waals surface area contributed by atoms with Crippen molar-refractivity contribution in [1.29, 1.82) is 0 Å². The van der Waals surface area contributed by atoms with E-state index in [2.05, 4.69) is 5.43 Å². The minimum absolute atomic E-state index is 0.0903. The van der Waals surface area contributed by atoms with Crippen molar-refractivity contribution in [3.8, 4) is 5.75 Å². The van der Waals surface area contributed by atoms with Crippen LogP contribution < -0.4 is 10.9 Å². The Balaban J connectivity index is 1.92. The Hall–Kier alpha value is -3.61. The molecule has 1 aliphatic heterocycles. The van der Waals surface area contributed by atoms with Crippen LogP contribution >= 0.6 is 11.8 Å². The first-order valence-electron chi connectivity index (χ1n) is 9.76. The summed E-state index contributed by atoms with van der Waals surface area (Å²) in [7, 11) is 0. The number of hydrogen-bond acceptors (Lipinski definition) is 5. The standard InChI is InChI=1S/C22H14F6N2O4S/c23-21(24,25)11-1-3-13-10(7-11)9-35-16-8-12(22(26,27)28)2-4-14(16)17(13)29-30-6-5-15(31)19(32)18(30)20(33)34/h1-8,17,29,32H,9H2,(H,33,34). The molecule has 1 atom stereocenters. The number of benzene rings is 2. The predicted octanol–water partition coefficient (Wildman–Crippen LogP) is 5.23. The van der Waals surface area contributed by atoms with Crippen molar-refractivity contribution in [2.45, 2.75) is 29.0 Å². The molecule has 2 aromatic carbocycles. The van der Waals surface area contributed by atoms with Crippen LogP contribution in [0.15, 0.2) is 58.4 Å². The van der Waals surface area contributed by atoms with E-state index in [0.29, 0.717) is 0 Å². The molecular weight excluding hydrogens is 502 g/mol. The fourth-order valence-electron chi connectivity index (χ4n) is 3.70. The van der Waals surface area contributed by atoms with Crippen LogP contribution in [0.3, 0.4) is 0 Å². The number of fused-ring (bicyclic) bond motifs is 2. The van der Waals surface area contributed by atoms with Crippen molar-refractivity contribution in [2.75, 3.05) is 5.43 Å². The molecule has 184 valence electrons. The molecule has 3 N–H and O–H groups in total. The molecule has 0 saturated carbocycles. The molecule has 0 spiro atoms. The van der Waals surface area contributed by atoms with Gasteiger partial charge in [-0.1, -0.05) is 12.1 Å². The van der Waals surface area contributed by atoms with Crippen molar-refractivity contribution < 1.29 is 41.4 Å². The number of carboxylic acids is 1. The van der Waals surface area contributed by atoms with Gasteiger partial charge < -0.3 is 15.6 Å². The van der Waals surface area contributed by atoms with Crippen LogP contribution in [0.2, 0.25) is 0 Å². The van der Waals surface area contributed by atoms with Gasteiger partial charge in [0.25, 0.3) is 0 Å². The molecule has 0 amide bonds. The monoisotopic (exact) mass is 516 g/mol. The SMILES string of the molecule is O=C(O)c1c(O)c(=O)ccn1NC1c2ccc(C(F)(F)F)cc2CSc2cc(C(F)(F)F)ccc21. The number of rotatable bonds is 3. The van der Waals surface area contributed by atoms with Gasteiger partial charge in [0.15, 0.2) is 11.4 Å². The van der Waals surface area contributed by atoms with Gasteiger partial charge in [-0.25, -0.2) is 4.79 Å². The number of carbonyl (C=O) groups is 1. The van der Waals surface area contributed by atoms with Gasteiger partial charge in [-0.05, 0) is 41.0 Å². The average molecular weight is 516 g/mol. The third-order valence-electron chi connectivity index (χ3n) is 5.36. The van der Waals surface area contributed by atoms with Gasteiger partial charge in [0.05, 0.1) is 17.2 Å². The second-order valence-corrected chi connectivity index (χ2v) is 8.58. The van der Waals surface area contributed by atoms with Crippen LogP contribution in [0.25, 0.3) is 0 Å². The number of aromatic nitrogens is 1. The van der Waals surface area contributed by atoms with Gasteiger partial charge in [-0.2, -0.15) is 26.3 Å².